The Hall–Kier alpha value is -3.22. The van der Waals surface area contributed by atoms with Crippen molar-refractivity contribution in [1.82, 2.24) is 19.6 Å². The van der Waals surface area contributed by atoms with Crippen molar-refractivity contribution in [3.8, 4) is 5.75 Å². The Morgan fingerprint density at radius 3 is 2.67 bits per heavy atom. The third-order valence-corrected chi connectivity index (χ3v) is 5.49. The molecule has 2 aromatic heterocycles. The number of piperazine rings is 1. The first-order valence-corrected chi connectivity index (χ1v) is 10.6. The van der Waals surface area contributed by atoms with E-state index in [-0.39, 0.29) is 0 Å². The number of phenols is 1. The molecule has 0 atom stereocenters. The summed E-state index contributed by atoms with van der Waals surface area (Å²) >= 11 is 0. The molecule has 4 rings (SSSR count). The summed E-state index contributed by atoms with van der Waals surface area (Å²) in [4.78, 5) is 14.1. The number of aromatic nitrogens is 2. The molecule has 1 fully saturated rings. The second-order valence-corrected chi connectivity index (χ2v) is 7.60. The molecule has 1 aromatic carbocycles. The molecule has 0 aliphatic carbocycles. The van der Waals surface area contributed by atoms with Gasteiger partial charge in [-0.1, -0.05) is 18.2 Å². The van der Waals surface area contributed by atoms with E-state index in [0.717, 1.165) is 62.1 Å². The van der Waals surface area contributed by atoms with Crippen LogP contribution in [0.15, 0.2) is 53.8 Å². The van der Waals surface area contributed by atoms with Crippen molar-refractivity contribution in [3.05, 3.63) is 60.0 Å². The lowest BCUT2D eigenvalue weighted by Gasteiger charge is -2.37. The number of aromatic hydroxyl groups is 1. The number of benzene rings is 1. The van der Waals surface area contributed by atoms with Crippen molar-refractivity contribution in [2.45, 2.75) is 20.3 Å². The largest absolute Gasteiger partial charge is 0.506 e. The van der Waals surface area contributed by atoms with Crippen molar-refractivity contribution in [2.24, 2.45) is 4.99 Å². The molecule has 7 heteroatoms. The van der Waals surface area contributed by atoms with Crippen LogP contribution in [0.3, 0.4) is 0 Å². The van der Waals surface area contributed by atoms with Crippen LogP contribution in [-0.2, 0) is 6.42 Å². The van der Waals surface area contributed by atoms with Gasteiger partial charge in [-0.3, -0.25) is 4.99 Å². The SMILES string of the molecule is CCNC(=NCCc1cn2cccc(C)c2n1)N1CCN(c2ccccc2O)CC1. The lowest BCUT2D eigenvalue weighted by atomic mass is 10.2. The number of anilines is 1. The van der Waals surface area contributed by atoms with Crippen LogP contribution >= 0.6 is 0 Å². The van der Waals surface area contributed by atoms with Crippen LogP contribution < -0.4 is 10.2 Å². The number of aryl methyl sites for hydroxylation is 1. The van der Waals surface area contributed by atoms with Crippen molar-refractivity contribution in [1.29, 1.82) is 0 Å². The molecule has 7 nitrogen and oxygen atoms in total. The lowest BCUT2D eigenvalue weighted by Crippen LogP contribution is -2.52. The third kappa shape index (κ3) is 4.35. The van der Waals surface area contributed by atoms with Gasteiger partial charge in [0.25, 0.3) is 0 Å². The predicted molar refractivity (Wildman–Crippen MR) is 122 cm³/mol. The highest BCUT2D eigenvalue weighted by atomic mass is 16.3. The molecule has 1 aliphatic heterocycles. The zero-order valence-electron chi connectivity index (χ0n) is 17.8. The molecular formula is C23H30N6O. The number of nitrogens with one attached hydrogen (secondary N) is 1. The maximum absolute atomic E-state index is 10.1. The van der Waals surface area contributed by atoms with Gasteiger partial charge >= 0.3 is 0 Å². The normalized spacial score (nSPS) is 15.1. The second-order valence-electron chi connectivity index (χ2n) is 7.60. The average Bonchev–Trinajstić information content (AvgIpc) is 3.18. The molecule has 0 spiro atoms. The van der Waals surface area contributed by atoms with Gasteiger partial charge in [-0.15, -0.1) is 0 Å². The first-order chi connectivity index (χ1) is 14.7. The Morgan fingerprint density at radius 2 is 1.93 bits per heavy atom. The van der Waals surface area contributed by atoms with Gasteiger partial charge in [-0.05, 0) is 37.6 Å². The van der Waals surface area contributed by atoms with E-state index in [4.69, 9.17) is 9.98 Å². The number of hydrogen-bond acceptors (Lipinski definition) is 4. The van der Waals surface area contributed by atoms with Gasteiger partial charge in [-0.2, -0.15) is 0 Å². The number of phenolic OH excluding ortho intramolecular Hbond substituents is 1. The van der Waals surface area contributed by atoms with Crippen LogP contribution in [0, 0.1) is 6.92 Å². The number of para-hydroxylation sites is 2. The number of pyridine rings is 1. The van der Waals surface area contributed by atoms with Crippen LogP contribution in [0.4, 0.5) is 5.69 Å². The summed E-state index contributed by atoms with van der Waals surface area (Å²) in [6.07, 6.45) is 4.94. The highest BCUT2D eigenvalue weighted by Gasteiger charge is 2.21. The predicted octanol–water partition coefficient (Wildman–Crippen LogP) is 2.68. The molecule has 158 valence electrons. The van der Waals surface area contributed by atoms with E-state index in [2.05, 4.69) is 45.6 Å². The highest BCUT2D eigenvalue weighted by Crippen LogP contribution is 2.27. The molecule has 30 heavy (non-hydrogen) atoms. The summed E-state index contributed by atoms with van der Waals surface area (Å²) in [7, 11) is 0. The van der Waals surface area contributed by atoms with Crippen LogP contribution in [0.2, 0.25) is 0 Å². The van der Waals surface area contributed by atoms with Crippen LogP contribution in [0.1, 0.15) is 18.2 Å². The number of hydrogen-bond donors (Lipinski definition) is 2. The summed E-state index contributed by atoms with van der Waals surface area (Å²) in [6, 6.07) is 11.7. The molecule has 0 amide bonds. The van der Waals surface area contributed by atoms with Crippen molar-refractivity contribution >= 4 is 17.3 Å². The quantitative estimate of drug-likeness (QED) is 0.504. The monoisotopic (exact) mass is 406 g/mol. The standard InChI is InChI=1S/C23H30N6O/c1-3-24-23(25-11-10-19-17-29-12-6-7-18(2)22(29)26-19)28-15-13-27(14-16-28)20-8-4-5-9-21(20)30/h4-9,12,17,30H,3,10-11,13-16H2,1-2H3,(H,24,25). The van der Waals surface area contributed by atoms with Crippen molar-refractivity contribution in [2.75, 3.05) is 44.2 Å². The fourth-order valence-electron chi connectivity index (χ4n) is 3.92. The Kier molecular flexibility index (Phi) is 6.07. The molecule has 2 N–H and O–H groups in total. The second kappa shape index (κ2) is 9.07. The van der Waals surface area contributed by atoms with Crippen LogP contribution in [0.5, 0.6) is 5.75 Å². The zero-order chi connectivity index (χ0) is 20.9. The molecule has 1 saturated heterocycles. The zero-order valence-corrected chi connectivity index (χ0v) is 17.8. The van der Waals surface area contributed by atoms with Gasteiger partial charge in [0.1, 0.15) is 11.4 Å². The van der Waals surface area contributed by atoms with E-state index in [9.17, 15) is 5.11 Å². The smallest absolute Gasteiger partial charge is 0.194 e. The van der Waals surface area contributed by atoms with E-state index in [1.165, 1.54) is 5.56 Å². The molecule has 1 aliphatic rings. The molecule has 0 saturated carbocycles. The Bertz CT molecular complexity index is 1020. The summed E-state index contributed by atoms with van der Waals surface area (Å²) in [5.74, 6) is 1.29. The number of guanidine groups is 1. The Balaban J connectivity index is 1.38. The molecule has 0 unspecified atom stereocenters. The van der Waals surface area contributed by atoms with Gasteiger partial charge in [-0.25, -0.2) is 4.98 Å². The van der Waals surface area contributed by atoms with E-state index in [1.807, 2.05) is 30.5 Å². The average molecular weight is 407 g/mol. The summed E-state index contributed by atoms with van der Waals surface area (Å²) in [6.45, 7) is 9.17. The van der Waals surface area contributed by atoms with Gasteiger partial charge < -0.3 is 24.6 Å². The van der Waals surface area contributed by atoms with Crippen molar-refractivity contribution < 1.29 is 5.11 Å². The fraction of sp³-hybridized carbons (Fsp3) is 0.391. The number of fused-ring (bicyclic) bond motifs is 1. The van der Waals surface area contributed by atoms with Gasteiger partial charge in [0, 0.05) is 58.1 Å². The van der Waals surface area contributed by atoms with Gasteiger partial charge in [0.2, 0.25) is 0 Å². The molecular weight excluding hydrogens is 376 g/mol. The minimum Gasteiger partial charge on any atom is -0.506 e. The summed E-state index contributed by atoms with van der Waals surface area (Å²) in [5, 5.41) is 13.5. The van der Waals surface area contributed by atoms with Crippen LogP contribution in [0.25, 0.3) is 5.65 Å². The molecule has 3 aromatic rings. The maximum Gasteiger partial charge on any atom is 0.194 e. The summed E-state index contributed by atoms with van der Waals surface area (Å²) < 4.78 is 2.08. The third-order valence-electron chi connectivity index (χ3n) is 5.49. The molecule has 0 radical (unpaired) electrons. The van der Waals surface area contributed by atoms with E-state index < -0.39 is 0 Å². The topological polar surface area (TPSA) is 68.4 Å². The highest BCUT2D eigenvalue weighted by molar-refractivity contribution is 5.80. The van der Waals surface area contributed by atoms with Crippen molar-refractivity contribution in [3.63, 3.8) is 0 Å². The minimum atomic E-state index is 0.342. The minimum absolute atomic E-state index is 0.342. The van der Waals surface area contributed by atoms with E-state index in [0.29, 0.717) is 12.3 Å². The Morgan fingerprint density at radius 1 is 1.13 bits per heavy atom. The van der Waals surface area contributed by atoms with Gasteiger partial charge in [0.05, 0.1) is 11.4 Å². The summed E-state index contributed by atoms with van der Waals surface area (Å²) in [5.41, 5.74) is 4.17. The van der Waals surface area contributed by atoms with E-state index in [1.54, 1.807) is 6.07 Å². The fourth-order valence-corrected chi connectivity index (χ4v) is 3.92. The number of rotatable bonds is 5. The molecule has 3 heterocycles. The molecule has 0 bridgehead atoms. The van der Waals surface area contributed by atoms with E-state index >= 15 is 0 Å². The lowest BCUT2D eigenvalue weighted by molar-refractivity contribution is 0.370. The number of imidazole rings is 1. The van der Waals surface area contributed by atoms with Crippen LogP contribution in [-0.4, -0.2) is 64.6 Å². The number of aliphatic imine (C=N–C) groups is 1. The first-order valence-electron chi connectivity index (χ1n) is 10.6. The maximum atomic E-state index is 10.1. The Labute approximate surface area is 177 Å². The first kappa shape index (κ1) is 20.1. The number of nitrogens with zero attached hydrogens (tertiary/aromatic N) is 5. The van der Waals surface area contributed by atoms with Gasteiger partial charge in [0.15, 0.2) is 5.96 Å².